The van der Waals surface area contributed by atoms with Crippen LogP contribution in [0.4, 0.5) is 5.82 Å². The number of anilines is 1. The molecule has 0 amide bonds. The highest BCUT2D eigenvalue weighted by molar-refractivity contribution is 7.12. The van der Waals surface area contributed by atoms with Gasteiger partial charge in [-0.15, -0.1) is 11.3 Å². The van der Waals surface area contributed by atoms with E-state index in [2.05, 4.69) is 4.98 Å². The number of thiazole rings is 1. The zero-order valence-corrected chi connectivity index (χ0v) is 8.49. The summed E-state index contributed by atoms with van der Waals surface area (Å²) in [6.07, 6.45) is 0. The third kappa shape index (κ3) is 1.82. The van der Waals surface area contributed by atoms with Gasteiger partial charge in [-0.05, 0) is 12.1 Å². The SMILES string of the molecule is Nc1csc(C(=O)c2ccccc2O)n1. The van der Waals surface area contributed by atoms with E-state index < -0.39 is 0 Å². The lowest BCUT2D eigenvalue weighted by Gasteiger charge is -1.99. The van der Waals surface area contributed by atoms with Gasteiger partial charge in [0.25, 0.3) is 0 Å². The van der Waals surface area contributed by atoms with Crippen molar-refractivity contribution in [2.45, 2.75) is 0 Å². The first-order chi connectivity index (χ1) is 7.18. The molecule has 1 aromatic carbocycles. The molecular formula is C10H8N2O2S. The normalized spacial score (nSPS) is 10.1. The molecule has 15 heavy (non-hydrogen) atoms. The maximum absolute atomic E-state index is 11.8. The first-order valence-electron chi connectivity index (χ1n) is 4.22. The molecule has 0 saturated heterocycles. The van der Waals surface area contributed by atoms with E-state index in [-0.39, 0.29) is 22.1 Å². The number of nitrogens with two attached hydrogens (primary N) is 1. The quantitative estimate of drug-likeness (QED) is 0.755. The van der Waals surface area contributed by atoms with Crippen LogP contribution in [0.25, 0.3) is 0 Å². The number of para-hydroxylation sites is 1. The fourth-order valence-electron chi connectivity index (χ4n) is 1.17. The maximum atomic E-state index is 11.8. The van der Waals surface area contributed by atoms with E-state index in [0.717, 1.165) is 11.3 Å². The predicted molar refractivity (Wildman–Crippen MR) is 58.1 cm³/mol. The van der Waals surface area contributed by atoms with E-state index in [4.69, 9.17) is 5.73 Å². The second kappa shape index (κ2) is 3.70. The molecule has 0 aliphatic carbocycles. The van der Waals surface area contributed by atoms with Gasteiger partial charge in [-0.25, -0.2) is 4.98 Å². The Hall–Kier alpha value is -1.88. The number of aromatic nitrogens is 1. The molecule has 2 aromatic rings. The molecular weight excluding hydrogens is 212 g/mol. The summed E-state index contributed by atoms with van der Waals surface area (Å²) in [5.74, 6) is -0.0372. The van der Waals surface area contributed by atoms with Crippen molar-refractivity contribution in [3.8, 4) is 5.75 Å². The summed E-state index contributed by atoms with van der Waals surface area (Å²) in [5, 5.41) is 11.4. The van der Waals surface area contributed by atoms with Crippen LogP contribution in [-0.4, -0.2) is 15.9 Å². The molecule has 1 heterocycles. The van der Waals surface area contributed by atoms with Crippen LogP contribution < -0.4 is 5.73 Å². The monoisotopic (exact) mass is 220 g/mol. The summed E-state index contributed by atoms with van der Waals surface area (Å²) in [4.78, 5) is 15.7. The number of hydrogen-bond donors (Lipinski definition) is 2. The third-order valence-electron chi connectivity index (χ3n) is 1.86. The molecule has 0 spiro atoms. The number of ketones is 1. The van der Waals surface area contributed by atoms with Gasteiger partial charge in [0, 0.05) is 5.38 Å². The molecule has 0 atom stereocenters. The van der Waals surface area contributed by atoms with E-state index in [1.165, 1.54) is 6.07 Å². The smallest absolute Gasteiger partial charge is 0.225 e. The van der Waals surface area contributed by atoms with Crippen molar-refractivity contribution >= 4 is 22.9 Å². The van der Waals surface area contributed by atoms with Gasteiger partial charge in [-0.3, -0.25) is 4.79 Å². The predicted octanol–water partition coefficient (Wildman–Crippen LogP) is 1.66. The fraction of sp³-hybridized carbons (Fsp3) is 0. The number of hydrogen-bond acceptors (Lipinski definition) is 5. The van der Waals surface area contributed by atoms with Crippen LogP contribution in [0.2, 0.25) is 0 Å². The molecule has 76 valence electrons. The molecule has 0 unspecified atom stereocenters. The Bertz CT molecular complexity index is 508. The van der Waals surface area contributed by atoms with Crippen LogP contribution in [0.5, 0.6) is 5.75 Å². The van der Waals surface area contributed by atoms with Gasteiger partial charge in [0.05, 0.1) is 5.56 Å². The van der Waals surface area contributed by atoms with Crippen molar-refractivity contribution in [2.24, 2.45) is 0 Å². The number of phenols is 1. The molecule has 0 aliphatic heterocycles. The molecule has 0 radical (unpaired) electrons. The first kappa shape index (κ1) is 9.67. The minimum Gasteiger partial charge on any atom is -0.507 e. The molecule has 1 aromatic heterocycles. The topological polar surface area (TPSA) is 76.2 Å². The lowest BCUT2D eigenvalue weighted by atomic mass is 10.1. The van der Waals surface area contributed by atoms with Crippen molar-refractivity contribution in [3.05, 3.63) is 40.2 Å². The van der Waals surface area contributed by atoms with E-state index in [9.17, 15) is 9.90 Å². The van der Waals surface area contributed by atoms with Gasteiger partial charge in [-0.1, -0.05) is 12.1 Å². The van der Waals surface area contributed by atoms with Gasteiger partial charge >= 0.3 is 0 Å². The Morgan fingerprint density at radius 1 is 1.40 bits per heavy atom. The number of nitrogens with zero attached hydrogens (tertiary/aromatic N) is 1. The number of carbonyl (C=O) groups excluding carboxylic acids is 1. The van der Waals surface area contributed by atoms with Crippen molar-refractivity contribution in [3.63, 3.8) is 0 Å². The van der Waals surface area contributed by atoms with Gasteiger partial charge in [0.2, 0.25) is 5.78 Å². The second-order valence-corrected chi connectivity index (χ2v) is 3.78. The molecule has 0 saturated carbocycles. The maximum Gasteiger partial charge on any atom is 0.225 e. The highest BCUT2D eigenvalue weighted by Gasteiger charge is 2.15. The Kier molecular flexibility index (Phi) is 2.39. The lowest BCUT2D eigenvalue weighted by molar-refractivity contribution is 0.103. The van der Waals surface area contributed by atoms with Crippen LogP contribution in [0.3, 0.4) is 0 Å². The van der Waals surface area contributed by atoms with E-state index in [1.54, 1.807) is 23.6 Å². The molecule has 2 rings (SSSR count). The Labute approximate surface area is 90.0 Å². The summed E-state index contributed by atoms with van der Waals surface area (Å²) >= 11 is 1.16. The molecule has 5 heteroatoms. The zero-order chi connectivity index (χ0) is 10.8. The van der Waals surface area contributed by atoms with Gasteiger partial charge in [-0.2, -0.15) is 0 Å². The van der Waals surface area contributed by atoms with Crippen LogP contribution in [0.1, 0.15) is 15.4 Å². The number of phenolic OH excluding ortho intramolecular Hbond substituents is 1. The number of nitrogen functional groups attached to an aromatic ring is 1. The number of benzene rings is 1. The van der Waals surface area contributed by atoms with E-state index in [0.29, 0.717) is 5.82 Å². The van der Waals surface area contributed by atoms with Crippen molar-refractivity contribution in [1.82, 2.24) is 4.98 Å². The summed E-state index contributed by atoms with van der Waals surface area (Å²) in [6.45, 7) is 0. The van der Waals surface area contributed by atoms with Crippen LogP contribution in [-0.2, 0) is 0 Å². The van der Waals surface area contributed by atoms with E-state index >= 15 is 0 Å². The zero-order valence-electron chi connectivity index (χ0n) is 7.68. The Balaban J connectivity index is 2.41. The molecule has 0 fully saturated rings. The fourth-order valence-corrected chi connectivity index (χ4v) is 1.83. The first-order valence-corrected chi connectivity index (χ1v) is 5.10. The second-order valence-electron chi connectivity index (χ2n) is 2.92. The van der Waals surface area contributed by atoms with Crippen molar-refractivity contribution < 1.29 is 9.90 Å². The summed E-state index contributed by atoms with van der Waals surface area (Å²) < 4.78 is 0. The Morgan fingerprint density at radius 3 is 2.73 bits per heavy atom. The van der Waals surface area contributed by atoms with Gasteiger partial charge in [0.1, 0.15) is 11.6 Å². The standard InChI is InChI=1S/C10H8N2O2S/c11-8-5-15-10(12-8)9(14)6-3-1-2-4-7(6)13/h1-5,13H,11H2. The molecule has 4 nitrogen and oxygen atoms in total. The largest absolute Gasteiger partial charge is 0.507 e. The highest BCUT2D eigenvalue weighted by Crippen LogP contribution is 2.22. The number of rotatable bonds is 2. The number of carbonyl (C=O) groups is 1. The average Bonchev–Trinajstić information content (AvgIpc) is 2.65. The molecule has 3 N–H and O–H groups in total. The minimum atomic E-state index is -0.310. The summed E-state index contributed by atoms with van der Waals surface area (Å²) in [7, 11) is 0. The van der Waals surface area contributed by atoms with Crippen molar-refractivity contribution in [1.29, 1.82) is 0 Å². The van der Waals surface area contributed by atoms with Crippen molar-refractivity contribution in [2.75, 3.05) is 5.73 Å². The molecule has 0 aliphatic rings. The van der Waals surface area contributed by atoms with Crippen LogP contribution in [0.15, 0.2) is 29.6 Å². The van der Waals surface area contributed by atoms with Crippen LogP contribution in [0, 0.1) is 0 Å². The van der Waals surface area contributed by atoms with Crippen LogP contribution >= 0.6 is 11.3 Å². The van der Waals surface area contributed by atoms with E-state index in [1.807, 2.05) is 0 Å². The van der Waals surface area contributed by atoms with Gasteiger partial charge < -0.3 is 10.8 Å². The Morgan fingerprint density at radius 2 is 2.13 bits per heavy atom. The summed E-state index contributed by atoms with van der Waals surface area (Å²) in [6, 6.07) is 6.35. The number of aromatic hydroxyl groups is 1. The highest BCUT2D eigenvalue weighted by atomic mass is 32.1. The third-order valence-corrected chi connectivity index (χ3v) is 2.72. The van der Waals surface area contributed by atoms with Gasteiger partial charge in [0.15, 0.2) is 5.01 Å². The molecule has 0 bridgehead atoms. The average molecular weight is 220 g/mol. The lowest BCUT2D eigenvalue weighted by Crippen LogP contribution is -2.01. The summed E-state index contributed by atoms with van der Waals surface area (Å²) in [5.41, 5.74) is 5.66. The minimum absolute atomic E-state index is 0.0451.